The lowest BCUT2D eigenvalue weighted by Gasteiger charge is -2.14. The molecule has 0 aliphatic carbocycles. The molecular formula is C9H17N5S. The lowest BCUT2D eigenvalue weighted by molar-refractivity contribution is 0.767. The Labute approximate surface area is 94.0 Å². The van der Waals surface area contributed by atoms with Gasteiger partial charge in [0.2, 0.25) is 5.95 Å². The topological polar surface area (TPSA) is 89.8 Å². The minimum Gasteiger partial charge on any atom is -0.383 e. The number of anilines is 3. The molecular weight excluding hydrogens is 210 g/mol. The van der Waals surface area contributed by atoms with E-state index in [0.29, 0.717) is 17.7 Å². The molecule has 0 spiro atoms. The smallest absolute Gasteiger partial charge is 0.223 e. The van der Waals surface area contributed by atoms with Gasteiger partial charge in [-0.1, -0.05) is 0 Å². The highest BCUT2D eigenvalue weighted by Crippen LogP contribution is 2.12. The minimum absolute atomic E-state index is 0.203. The first-order valence-corrected chi connectivity index (χ1v) is 6.16. The van der Waals surface area contributed by atoms with Crippen molar-refractivity contribution >= 4 is 29.3 Å². The second-order valence-corrected chi connectivity index (χ2v) is 4.35. The van der Waals surface area contributed by atoms with Gasteiger partial charge in [0.15, 0.2) is 0 Å². The van der Waals surface area contributed by atoms with E-state index < -0.39 is 0 Å². The largest absolute Gasteiger partial charge is 0.383 e. The highest BCUT2D eigenvalue weighted by atomic mass is 32.2. The van der Waals surface area contributed by atoms with Crippen molar-refractivity contribution in [3.63, 3.8) is 0 Å². The van der Waals surface area contributed by atoms with E-state index in [1.165, 1.54) is 0 Å². The zero-order valence-corrected chi connectivity index (χ0v) is 9.84. The Kier molecular flexibility index (Phi) is 4.48. The normalized spacial score (nSPS) is 12.4. The van der Waals surface area contributed by atoms with Crippen LogP contribution in [-0.2, 0) is 0 Å². The average molecular weight is 227 g/mol. The molecule has 1 aromatic rings. The van der Waals surface area contributed by atoms with Crippen LogP contribution < -0.4 is 16.8 Å². The fourth-order valence-electron chi connectivity index (χ4n) is 1.18. The van der Waals surface area contributed by atoms with Crippen molar-refractivity contribution in [1.82, 2.24) is 9.97 Å². The molecule has 1 unspecified atom stereocenters. The molecule has 0 aromatic carbocycles. The third-order valence-electron chi connectivity index (χ3n) is 1.91. The molecule has 5 nitrogen and oxygen atoms in total. The van der Waals surface area contributed by atoms with E-state index in [0.717, 1.165) is 12.2 Å². The summed E-state index contributed by atoms with van der Waals surface area (Å²) in [5.74, 6) is 2.40. The first-order chi connectivity index (χ1) is 7.11. The third kappa shape index (κ3) is 4.24. The fourth-order valence-corrected chi connectivity index (χ4v) is 1.77. The number of nitrogens with two attached hydrogens (primary N) is 2. The maximum absolute atomic E-state index is 5.56. The lowest BCUT2D eigenvalue weighted by Crippen LogP contribution is -2.17. The second-order valence-electron chi connectivity index (χ2n) is 3.36. The first-order valence-electron chi connectivity index (χ1n) is 4.77. The number of aromatic nitrogens is 2. The summed E-state index contributed by atoms with van der Waals surface area (Å²) in [5, 5.41) is 3.23. The van der Waals surface area contributed by atoms with Gasteiger partial charge in [0.1, 0.15) is 11.6 Å². The molecule has 0 aliphatic rings. The molecule has 84 valence electrons. The van der Waals surface area contributed by atoms with E-state index in [1.54, 1.807) is 6.07 Å². The summed E-state index contributed by atoms with van der Waals surface area (Å²) in [5.41, 5.74) is 11.0. The number of nitrogen functional groups attached to an aromatic ring is 2. The van der Waals surface area contributed by atoms with Crippen LogP contribution in [0.3, 0.4) is 0 Å². The monoisotopic (exact) mass is 227 g/mol. The standard InChI is InChI=1S/C9H17N5S/c1-6(3-4-15-2)12-8-5-7(10)13-9(11)14-8/h5-6H,3-4H2,1-2H3,(H5,10,11,12,13,14). The van der Waals surface area contributed by atoms with Crippen molar-refractivity contribution in [1.29, 1.82) is 0 Å². The van der Waals surface area contributed by atoms with Crippen molar-refractivity contribution in [2.45, 2.75) is 19.4 Å². The van der Waals surface area contributed by atoms with Crippen LogP contribution in [0.5, 0.6) is 0 Å². The summed E-state index contributed by atoms with van der Waals surface area (Å²) in [4.78, 5) is 7.85. The molecule has 1 heterocycles. The maximum atomic E-state index is 5.56. The van der Waals surface area contributed by atoms with Crippen LogP contribution in [0.4, 0.5) is 17.6 Å². The summed E-state index contributed by atoms with van der Waals surface area (Å²) < 4.78 is 0. The summed E-state index contributed by atoms with van der Waals surface area (Å²) in [6.45, 7) is 2.10. The quantitative estimate of drug-likeness (QED) is 0.700. The lowest BCUT2D eigenvalue weighted by atomic mass is 10.2. The highest BCUT2D eigenvalue weighted by molar-refractivity contribution is 7.98. The Balaban J connectivity index is 2.56. The molecule has 1 rings (SSSR count). The maximum Gasteiger partial charge on any atom is 0.223 e. The summed E-state index contributed by atoms with van der Waals surface area (Å²) in [7, 11) is 0. The number of thioether (sulfide) groups is 1. The average Bonchev–Trinajstić information content (AvgIpc) is 2.13. The molecule has 0 radical (unpaired) electrons. The van der Waals surface area contributed by atoms with Gasteiger partial charge in [0.25, 0.3) is 0 Å². The number of nitrogens with zero attached hydrogens (tertiary/aromatic N) is 2. The van der Waals surface area contributed by atoms with Gasteiger partial charge in [-0.25, -0.2) is 0 Å². The first kappa shape index (κ1) is 11.9. The Hall–Kier alpha value is -1.17. The molecule has 0 fully saturated rings. The van der Waals surface area contributed by atoms with Gasteiger partial charge in [-0.2, -0.15) is 21.7 Å². The van der Waals surface area contributed by atoms with E-state index in [4.69, 9.17) is 11.5 Å². The number of nitrogens with one attached hydrogen (secondary N) is 1. The van der Waals surface area contributed by atoms with Gasteiger partial charge in [-0.15, -0.1) is 0 Å². The molecule has 15 heavy (non-hydrogen) atoms. The molecule has 0 saturated heterocycles. The molecule has 1 atom stereocenters. The van der Waals surface area contributed by atoms with Crippen LogP contribution in [0.25, 0.3) is 0 Å². The van der Waals surface area contributed by atoms with E-state index in [2.05, 4.69) is 28.5 Å². The molecule has 5 N–H and O–H groups in total. The zero-order valence-electron chi connectivity index (χ0n) is 9.03. The van der Waals surface area contributed by atoms with E-state index in [9.17, 15) is 0 Å². The Morgan fingerprint density at radius 2 is 2.20 bits per heavy atom. The van der Waals surface area contributed by atoms with Crippen molar-refractivity contribution in [2.24, 2.45) is 0 Å². The van der Waals surface area contributed by atoms with Crippen molar-refractivity contribution in [3.8, 4) is 0 Å². The zero-order chi connectivity index (χ0) is 11.3. The van der Waals surface area contributed by atoms with Crippen LogP contribution >= 0.6 is 11.8 Å². The van der Waals surface area contributed by atoms with Gasteiger partial charge in [-0.3, -0.25) is 0 Å². The summed E-state index contributed by atoms with van der Waals surface area (Å²) in [6.07, 6.45) is 3.17. The number of rotatable bonds is 5. The molecule has 1 aromatic heterocycles. The van der Waals surface area contributed by atoms with Gasteiger partial charge in [-0.05, 0) is 25.4 Å². The van der Waals surface area contributed by atoms with Crippen molar-refractivity contribution in [2.75, 3.05) is 28.8 Å². The molecule has 0 aliphatic heterocycles. The minimum atomic E-state index is 0.203. The highest BCUT2D eigenvalue weighted by Gasteiger charge is 2.04. The van der Waals surface area contributed by atoms with Crippen LogP contribution in [-0.4, -0.2) is 28.0 Å². The summed E-state index contributed by atoms with van der Waals surface area (Å²) >= 11 is 1.82. The van der Waals surface area contributed by atoms with Crippen LogP contribution in [0.2, 0.25) is 0 Å². The molecule has 6 heteroatoms. The van der Waals surface area contributed by atoms with Crippen molar-refractivity contribution in [3.05, 3.63) is 6.07 Å². The van der Waals surface area contributed by atoms with Crippen LogP contribution in [0, 0.1) is 0 Å². The molecule has 0 amide bonds. The third-order valence-corrected chi connectivity index (χ3v) is 2.56. The summed E-state index contributed by atoms with van der Waals surface area (Å²) in [6, 6.07) is 2.04. The predicted octanol–water partition coefficient (Wildman–Crippen LogP) is 1.19. The van der Waals surface area contributed by atoms with Gasteiger partial charge in [0.05, 0.1) is 0 Å². The Morgan fingerprint density at radius 1 is 1.47 bits per heavy atom. The number of hydrogen-bond donors (Lipinski definition) is 3. The Morgan fingerprint density at radius 3 is 2.80 bits per heavy atom. The predicted molar refractivity (Wildman–Crippen MR) is 66.9 cm³/mol. The SMILES string of the molecule is CSCCC(C)Nc1cc(N)nc(N)n1. The van der Waals surface area contributed by atoms with E-state index >= 15 is 0 Å². The van der Waals surface area contributed by atoms with Gasteiger partial charge < -0.3 is 16.8 Å². The molecule has 0 bridgehead atoms. The second kappa shape index (κ2) is 5.65. The van der Waals surface area contributed by atoms with Crippen LogP contribution in [0.1, 0.15) is 13.3 Å². The Bertz CT molecular complexity index is 297. The fraction of sp³-hybridized carbons (Fsp3) is 0.556. The van der Waals surface area contributed by atoms with E-state index in [-0.39, 0.29) is 5.95 Å². The van der Waals surface area contributed by atoms with Gasteiger partial charge in [0, 0.05) is 12.1 Å². The van der Waals surface area contributed by atoms with Crippen LogP contribution in [0.15, 0.2) is 6.07 Å². The van der Waals surface area contributed by atoms with Gasteiger partial charge >= 0.3 is 0 Å². The molecule has 0 saturated carbocycles. The van der Waals surface area contributed by atoms with Crippen molar-refractivity contribution < 1.29 is 0 Å². The number of hydrogen-bond acceptors (Lipinski definition) is 6. The van der Waals surface area contributed by atoms with E-state index in [1.807, 2.05) is 11.8 Å².